The summed E-state index contributed by atoms with van der Waals surface area (Å²) in [6, 6.07) is 0. The van der Waals surface area contributed by atoms with Gasteiger partial charge in [-0.15, -0.1) is 6.42 Å². The minimum Gasteiger partial charge on any atom is -0.393 e. The first kappa shape index (κ1) is 10.5. The quantitative estimate of drug-likeness (QED) is 0.581. The van der Waals surface area contributed by atoms with Crippen LogP contribution in [0.5, 0.6) is 0 Å². The van der Waals surface area contributed by atoms with Gasteiger partial charge in [-0.25, -0.2) is 0 Å². The third kappa shape index (κ3) is 5.90. The largest absolute Gasteiger partial charge is 0.393 e. The smallest absolute Gasteiger partial charge is 0.114 e. The maximum atomic E-state index is 9.21. The average molecular weight is 156 g/mol. The molecule has 0 aliphatic carbocycles. The Hall–Kier alpha value is -0.520. The summed E-state index contributed by atoms with van der Waals surface area (Å²) in [4.78, 5) is 0. The minimum atomic E-state index is -0.693. The van der Waals surface area contributed by atoms with Crippen LogP contribution in [-0.4, -0.2) is 22.4 Å². The summed E-state index contributed by atoms with van der Waals surface area (Å²) in [7, 11) is 0. The molecule has 0 spiro atoms. The average Bonchev–Trinajstić information content (AvgIpc) is 2.01. The van der Waals surface area contributed by atoms with Crippen LogP contribution in [0.3, 0.4) is 0 Å². The molecule has 2 nitrogen and oxygen atoms in total. The fourth-order valence-electron chi connectivity index (χ4n) is 0.911. The third-order valence-corrected chi connectivity index (χ3v) is 1.59. The monoisotopic (exact) mass is 156 g/mol. The SMILES string of the molecule is C#CC(O)CCC(O)CCC. The van der Waals surface area contributed by atoms with Crippen LogP contribution in [-0.2, 0) is 0 Å². The predicted octanol–water partition coefficient (Wildman–Crippen LogP) is 0.922. The summed E-state index contributed by atoms with van der Waals surface area (Å²) in [6.45, 7) is 2.01. The number of aliphatic hydroxyl groups excluding tert-OH is 2. The Kier molecular flexibility index (Phi) is 5.91. The molecule has 0 bridgehead atoms. The molecule has 0 heterocycles. The molecular formula is C9H16O2. The Bertz CT molecular complexity index is 126. The first-order valence-electron chi connectivity index (χ1n) is 4.03. The second-order valence-electron chi connectivity index (χ2n) is 2.70. The molecule has 11 heavy (non-hydrogen) atoms. The molecule has 0 aromatic rings. The fraction of sp³-hybridized carbons (Fsp3) is 0.778. The van der Waals surface area contributed by atoms with Crippen molar-refractivity contribution in [3.8, 4) is 12.3 Å². The molecule has 2 heteroatoms. The van der Waals surface area contributed by atoms with E-state index in [2.05, 4.69) is 5.92 Å². The summed E-state index contributed by atoms with van der Waals surface area (Å²) in [5.74, 6) is 2.21. The van der Waals surface area contributed by atoms with Gasteiger partial charge in [0.25, 0.3) is 0 Å². The third-order valence-electron chi connectivity index (χ3n) is 1.59. The number of hydrogen-bond donors (Lipinski definition) is 2. The lowest BCUT2D eigenvalue weighted by Crippen LogP contribution is -2.11. The van der Waals surface area contributed by atoms with Gasteiger partial charge in [0.1, 0.15) is 6.10 Å². The lowest BCUT2D eigenvalue weighted by Gasteiger charge is -2.09. The van der Waals surface area contributed by atoms with Crippen molar-refractivity contribution in [3.63, 3.8) is 0 Å². The number of hydrogen-bond acceptors (Lipinski definition) is 2. The molecule has 0 saturated carbocycles. The van der Waals surface area contributed by atoms with Crippen molar-refractivity contribution in [1.82, 2.24) is 0 Å². The van der Waals surface area contributed by atoms with E-state index in [9.17, 15) is 5.11 Å². The van der Waals surface area contributed by atoms with E-state index in [-0.39, 0.29) is 6.10 Å². The van der Waals surface area contributed by atoms with Crippen molar-refractivity contribution < 1.29 is 10.2 Å². The summed E-state index contributed by atoms with van der Waals surface area (Å²) < 4.78 is 0. The molecule has 64 valence electrons. The highest BCUT2D eigenvalue weighted by Gasteiger charge is 2.05. The van der Waals surface area contributed by atoms with Crippen molar-refractivity contribution >= 4 is 0 Å². The molecule has 0 rings (SSSR count). The van der Waals surface area contributed by atoms with Crippen LogP contribution in [0, 0.1) is 12.3 Å². The molecule has 0 aliphatic rings. The molecule has 2 N–H and O–H groups in total. The Labute approximate surface area is 68.2 Å². The molecular weight excluding hydrogens is 140 g/mol. The zero-order valence-corrected chi connectivity index (χ0v) is 6.95. The van der Waals surface area contributed by atoms with Crippen molar-refractivity contribution in [3.05, 3.63) is 0 Å². The number of rotatable bonds is 5. The van der Waals surface area contributed by atoms with Crippen molar-refractivity contribution in [2.75, 3.05) is 0 Å². The maximum absolute atomic E-state index is 9.21. The lowest BCUT2D eigenvalue weighted by atomic mass is 10.1. The van der Waals surface area contributed by atoms with E-state index in [1.807, 2.05) is 6.92 Å². The summed E-state index contributed by atoms with van der Waals surface area (Å²) in [5.41, 5.74) is 0. The van der Waals surface area contributed by atoms with Crippen molar-refractivity contribution in [1.29, 1.82) is 0 Å². The van der Waals surface area contributed by atoms with Gasteiger partial charge in [0.15, 0.2) is 0 Å². The summed E-state index contributed by atoms with van der Waals surface area (Å²) in [5, 5.41) is 18.1. The number of aliphatic hydroxyl groups is 2. The van der Waals surface area contributed by atoms with Crippen molar-refractivity contribution in [2.24, 2.45) is 0 Å². The first-order valence-corrected chi connectivity index (χ1v) is 4.03. The highest BCUT2D eigenvalue weighted by atomic mass is 16.3. The molecule has 0 aliphatic heterocycles. The molecule has 0 radical (unpaired) electrons. The molecule has 2 atom stereocenters. The highest BCUT2D eigenvalue weighted by molar-refractivity contribution is 4.93. The van der Waals surface area contributed by atoms with Gasteiger partial charge in [0.2, 0.25) is 0 Å². The van der Waals surface area contributed by atoms with E-state index in [1.165, 1.54) is 0 Å². The minimum absolute atomic E-state index is 0.303. The zero-order valence-electron chi connectivity index (χ0n) is 6.95. The zero-order chi connectivity index (χ0) is 8.69. The van der Waals surface area contributed by atoms with Gasteiger partial charge in [0, 0.05) is 0 Å². The second kappa shape index (κ2) is 6.21. The van der Waals surface area contributed by atoms with Gasteiger partial charge in [-0.2, -0.15) is 0 Å². The molecule has 0 saturated heterocycles. The van der Waals surface area contributed by atoms with Crippen LogP contribution in [0.15, 0.2) is 0 Å². The summed E-state index contributed by atoms with van der Waals surface area (Å²) in [6.07, 6.45) is 6.80. The summed E-state index contributed by atoms with van der Waals surface area (Å²) >= 11 is 0. The van der Waals surface area contributed by atoms with E-state index in [0.29, 0.717) is 12.8 Å². The molecule has 2 unspecified atom stereocenters. The Morgan fingerprint density at radius 2 is 1.91 bits per heavy atom. The van der Waals surface area contributed by atoms with Crippen LogP contribution >= 0.6 is 0 Å². The van der Waals surface area contributed by atoms with Crippen molar-refractivity contribution in [2.45, 2.75) is 44.8 Å². The normalized spacial score (nSPS) is 15.5. The standard InChI is InChI=1S/C9H16O2/c1-3-5-9(11)7-6-8(10)4-2/h2,8-11H,3,5-7H2,1H3. The van der Waals surface area contributed by atoms with E-state index < -0.39 is 6.10 Å². The Balaban J connectivity index is 3.31. The Morgan fingerprint density at radius 1 is 1.27 bits per heavy atom. The van der Waals surface area contributed by atoms with Gasteiger partial charge in [-0.1, -0.05) is 19.3 Å². The van der Waals surface area contributed by atoms with Gasteiger partial charge < -0.3 is 10.2 Å². The highest BCUT2D eigenvalue weighted by Crippen LogP contribution is 2.05. The van der Waals surface area contributed by atoms with E-state index >= 15 is 0 Å². The molecule has 0 amide bonds. The first-order chi connectivity index (χ1) is 5.20. The van der Waals surface area contributed by atoms with E-state index in [0.717, 1.165) is 12.8 Å². The predicted molar refractivity (Wildman–Crippen MR) is 45.0 cm³/mol. The van der Waals surface area contributed by atoms with Crippen LogP contribution in [0.4, 0.5) is 0 Å². The lowest BCUT2D eigenvalue weighted by molar-refractivity contribution is 0.128. The van der Waals surface area contributed by atoms with E-state index in [4.69, 9.17) is 11.5 Å². The topological polar surface area (TPSA) is 40.5 Å². The molecule has 0 fully saturated rings. The van der Waals surface area contributed by atoms with Gasteiger partial charge in [0.05, 0.1) is 6.10 Å². The van der Waals surface area contributed by atoms with Gasteiger partial charge >= 0.3 is 0 Å². The van der Waals surface area contributed by atoms with Crippen LogP contribution in [0.25, 0.3) is 0 Å². The fourth-order valence-corrected chi connectivity index (χ4v) is 0.911. The van der Waals surface area contributed by atoms with Crippen LogP contribution < -0.4 is 0 Å². The number of terminal acetylenes is 1. The second-order valence-corrected chi connectivity index (χ2v) is 2.70. The maximum Gasteiger partial charge on any atom is 0.114 e. The van der Waals surface area contributed by atoms with E-state index in [1.54, 1.807) is 0 Å². The van der Waals surface area contributed by atoms with Crippen LogP contribution in [0.1, 0.15) is 32.6 Å². The van der Waals surface area contributed by atoms with Gasteiger partial charge in [-0.3, -0.25) is 0 Å². The Morgan fingerprint density at radius 3 is 2.36 bits per heavy atom. The van der Waals surface area contributed by atoms with Gasteiger partial charge in [-0.05, 0) is 19.3 Å². The molecule has 0 aromatic carbocycles. The molecule has 0 aromatic heterocycles. The van der Waals surface area contributed by atoms with Crippen LogP contribution in [0.2, 0.25) is 0 Å².